The van der Waals surface area contributed by atoms with E-state index >= 15 is 0 Å². The highest BCUT2D eigenvalue weighted by Gasteiger charge is 2.19. The molecule has 122 valence electrons. The van der Waals surface area contributed by atoms with E-state index in [1.807, 2.05) is 18.7 Å². The van der Waals surface area contributed by atoms with Crippen LogP contribution >= 0.6 is 11.6 Å². The van der Waals surface area contributed by atoms with Crippen molar-refractivity contribution in [2.75, 3.05) is 19.6 Å². The Labute approximate surface area is 135 Å². The van der Waals surface area contributed by atoms with Gasteiger partial charge < -0.3 is 10.2 Å². The number of nitrogens with one attached hydrogen (secondary N) is 1. The van der Waals surface area contributed by atoms with Gasteiger partial charge in [-0.2, -0.15) is 5.10 Å². The van der Waals surface area contributed by atoms with E-state index in [9.17, 15) is 9.59 Å². The number of nitrogens with zero attached hydrogens (tertiary/aromatic N) is 3. The lowest BCUT2D eigenvalue weighted by Gasteiger charge is -2.15. The SMILES string of the molecule is Cc1nn(CCC(=O)NCCCN2CCCC2=O)c(C)c1Cl. The number of amides is 2. The fourth-order valence-corrected chi connectivity index (χ4v) is 2.76. The zero-order valence-electron chi connectivity index (χ0n) is 13.2. The third-order valence-corrected chi connectivity index (χ3v) is 4.49. The minimum atomic E-state index is -0.00331. The van der Waals surface area contributed by atoms with E-state index in [0.717, 1.165) is 37.3 Å². The summed E-state index contributed by atoms with van der Waals surface area (Å²) in [6, 6.07) is 0. The second-order valence-corrected chi connectivity index (χ2v) is 6.02. The normalized spacial score (nSPS) is 14.7. The maximum Gasteiger partial charge on any atom is 0.222 e. The Morgan fingerprint density at radius 3 is 2.73 bits per heavy atom. The van der Waals surface area contributed by atoms with Crippen LogP contribution in [0.3, 0.4) is 0 Å². The number of carbonyl (C=O) groups excluding carboxylic acids is 2. The molecule has 1 aromatic heterocycles. The molecule has 0 radical (unpaired) electrons. The molecular formula is C15H23ClN4O2. The van der Waals surface area contributed by atoms with Gasteiger partial charge in [0.05, 0.1) is 23.0 Å². The van der Waals surface area contributed by atoms with Crippen molar-refractivity contribution in [3.8, 4) is 0 Å². The molecule has 1 fully saturated rings. The first-order valence-corrected chi connectivity index (χ1v) is 8.11. The number of halogens is 1. The first-order chi connectivity index (χ1) is 10.5. The molecule has 1 N–H and O–H groups in total. The minimum Gasteiger partial charge on any atom is -0.356 e. The molecule has 0 saturated carbocycles. The Balaban J connectivity index is 1.63. The molecule has 1 aliphatic heterocycles. The van der Waals surface area contributed by atoms with Crippen LogP contribution in [0.4, 0.5) is 0 Å². The lowest BCUT2D eigenvalue weighted by Crippen LogP contribution is -2.31. The molecule has 1 aromatic rings. The van der Waals surface area contributed by atoms with E-state index < -0.39 is 0 Å². The molecule has 1 aliphatic rings. The number of hydrogen-bond donors (Lipinski definition) is 1. The van der Waals surface area contributed by atoms with E-state index in [2.05, 4.69) is 10.4 Å². The Bertz CT molecular complexity index is 556. The minimum absolute atomic E-state index is 0.00331. The van der Waals surface area contributed by atoms with Crippen molar-refractivity contribution < 1.29 is 9.59 Å². The summed E-state index contributed by atoms with van der Waals surface area (Å²) in [5.74, 6) is 0.226. The summed E-state index contributed by atoms with van der Waals surface area (Å²) in [5.41, 5.74) is 1.68. The molecule has 2 amide bonds. The standard InChI is InChI=1S/C15H23ClN4O2/c1-11-15(16)12(2)20(18-11)10-6-13(21)17-7-4-9-19-8-3-5-14(19)22/h3-10H2,1-2H3,(H,17,21). The Morgan fingerprint density at radius 1 is 1.36 bits per heavy atom. The van der Waals surface area contributed by atoms with Crippen molar-refractivity contribution in [2.24, 2.45) is 0 Å². The lowest BCUT2D eigenvalue weighted by molar-refractivity contribution is -0.127. The van der Waals surface area contributed by atoms with Gasteiger partial charge in [-0.3, -0.25) is 14.3 Å². The average Bonchev–Trinajstić information content (AvgIpc) is 3.00. The topological polar surface area (TPSA) is 67.2 Å². The highest BCUT2D eigenvalue weighted by molar-refractivity contribution is 6.31. The Morgan fingerprint density at radius 2 is 2.14 bits per heavy atom. The smallest absolute Gasteiger partial charge is 0.222 e. The average molecular weight is 327 g/mol. The van der Waals surface area contributed by atoms with Crippen LogP contribution in [0.25, 0.3) is 0 Å². The van der Waals surface area contributed by atoms with E-state index in [1.165, 1.54) is 0 Å². The third-order valence-electron chi connectivity index (χ3n) is 3.94. The number of hydrogen-bond acceptors (Lipinski definition) is 3. The lowest BCUT2D eigenvalue weighted by atomic mass is 10.3. The van der Waals surface area contributed by atoms with Gasteiger partial charge in [0.1, 0.15) is 0 Å². The van der Waals surface area contributed by atoms with Crippen molar-refractivity contribution >= 4 is 23.4 Å². The quantitative estimate of drug-likeness (QED) is 0.775. The van der Waals surface area contributed by atoms with Crippen molar-refractivity contribution in [3.63, 3.8) is 0 Å². The molecule has 6 nitrogen and oxygen atoms in total. The number of aryl methyl sites for hydroxylation is 2. The van der Waals surface area contributed by atoms with Crippen molar-refractivity contribution in [1.29, 1.82) is 0 Å². The summed E-state index contributed by atoms with van der Waals surface area (Å²) in [6.45, 7) is 6.45. The summed E-state index contributed by atoms with van der Waals surface area (Å²) >= 11 is 6.07. The van der Waals surface area contributed by atoms with Gasteiger partial charge in [-0.05, 0) is 26.7 Å². The van der Waals surface area contributed by atoms with Crippen molar-refractivity contribution in [3.05, 3.63) is 16.4 Å². The van der Waals surface area contributed by atoms with Gasteiger partial charge in [0, 0.05) is 32.5 Å². The van der Waals surface area contributed by atoms with Gasteiger partial charge >= 0.3 is 0 Å². The van der Waals surface area contributed by atoms with Crippen LogP contribution in [0.2, 0.25) is 5.02 Å². The molecule has 0 aromatic carbocycles. The van der Waals surface area contributed by atoms with Crippen LogP contribution in [0.15, 0.2) is 0 Å². The summed E-state index contributed by atoms with van der Waals surface area (Å²) in [6.07, 6.45) is 2.79. The molecule has 0 spiro atoms. The van der Waals surface area contributed by atoms with E-state index in [0.29, 0.717) is 31.0 Å². The second-order valence-electron chi connectivity index (χ2n) is 5.65. The molecule has 0 atom stereocenters. The zero-order valence-corrected chi connectivity index (χ0v) is 13.9. The van der Waals surface area contributed by atoms with Crippen LogP contribution in [-0.4, -0.2) is 46.1 Å². The molecule has 0 unspecified atom stereocenters. The Kier molecular flexibility index (Phi) is 5.83. The Hall–Kier alpha value is -1.56. The zero-order chi connectivity index (χ0) is 16.1. The molecule has 7 heteroatoms. The van der Waals surface area contributed by atoms with Crippen LogP contribution in [0.5, 0.6) is 0 Å². The molecule has 22 heavy (non-hydrogen) atoms. The number of aromatic nitrogens is 2. The second kappa shape index (κ2) is 7.63. The van der Waals surface area contributed by atoms with Crippen LogP contribution < -0.4 is 5.32 Å². The molecular weight excluding hydrogens is 304 g/mol. The van der Waals surface area contributed by atoms with E-state index in [4.69, 9.17) is 11.6 Å². The number of likely N-dealkylation sites (tertiary alicyclic amines) is 1. The molecule has 0 aliphatic carbocycles. The number of rotatable bonds is 7. The van der Waals surface area contributed by atoms with Crippen LogP contribution in [0.1, 0.15) is 37.1 Å². The third kappa shape index (κ3) is 4.22. The first kappa shape index (κ1) is 16.8. The predicted octanol–water partition coefficient (Wildman–Crippen LogP) is 1.67. The van der Waals surface area contributed by atoms with Gasteiger partial charge in [0.25, 0.3) is 0 Å². The molecule has 1 saturated heterocycles. The predicted molar refractivity (Wildman–Crippen MR) is 84.8 cm³/mol. The van der Waals surface area contributed by atoms with Crippen LogP contribution in [0, 0.1) is 13.8 Å². The van der Waals surface area contributed by atoms with E-state index in [1.54, 1.807) is 4.68 Å². The maximum absolute atomic E-state index is 11.8. The van der Waals surface area contributed by atoms with Crippen molar-refractivity contribution in [2.45, 2.75) is 46.1 Å². The van der Waals surface area contributed by atoms with E-state index in [-0.39, 0.29) is 11.8 Å². The highest BCUT2D eigenvalue weighted by Crippen LogP contribution is 2.18. The first-order valence-electron chi connectivity index (χ1n) is 7.73. The van der Waals surface area contributed by atoms with Gasteiger partial charge in [0.15, 0.2) is 0 Å². The van der Waals surface area contributed by atoms with Crippen molar-refractivity contribution in [1.82, 2.24) is 20.0 Å². The monoisotopic (exact) mass is 326 g/mol. The summed E-state index contributed by atoms with van der Waals surface area (Å²) in [7, 11) is 0. The molecule has 2 heterocycles. The largest absolute Gasteiger partial charge is 0.356 e. The summed E-state index contributed by atoms with van der Waals surface area (Å²) in [4.78, 5) is 25.1. The van der Waals surface area contributed by atoms with Gasteiger partial charge in [-0.25, -0.2) is 0 Å². The van der Waals surface area contributed by atoms with Gasteiger partial charge in [-0.1, -0.05) is 11.6 Å². The fourth-order valence-electron chi connectivity index (χ4n) is 2.63. The van der Waals surface area contributed by atoms with Crippen LogP contribution in [-0.2, 0) is 16.1 Å². The summed E-state index contributed by atoms with van der Waals surface area (Å²) < 4.78 is 1.76. The van der Waals surface area contributed by atoms with Gasteiger partial charge in [0.2, 0.25) is 11.8 Å². The summed E-state index contributed by atoms with van der Waals surface area (Å²) in [5, 5.41) is 7.84. The molecule has 0 bridgehead atoms. The van der Waals surface area contributed by atoms with Gasteiger partial charge in [-0.15, -0.1) is 0 Å². The highest BCUT2D eigenvalue weighted by atomic mass is 35.5. The molecule has 2 rings (SSSR count). The maximum atomic E-state index is 11.8. The number of carbonyl (C=O) groups is 2. The fraction of sp³-hybridized carbons (Fsp3) is 0.667.